The fourth-order valence-electron chi connectivity index (χ4n) is 0.626. The fraction of sp³-hybridized carbons (Fsp3) is 0.444. The van der Waals surface area contributed by atoms with Crippen molar-refractivity contribution in [2.45, 2.75) is 48.5 Å². The van der Waals surface area contributed by atoms with E-state index in [4.69, 9.17) is 0 Å². The molecule has 0 saturated carbocycles. The second-order valence-electron chi connectivity index (χ2n) is 3.61. The molecule has 0 aromatic heterocycles. The van der Waals surface area contributed by atoms with Crippen LogP contribution in [0.1, 0.15) is 47.1 Å². The van der Waals surface area contributed by atoms with E-state index in [9.17, 15) is 0 Å². The third kappa shape index (κ3) is 26.6. The van der Waals surface area contributed by atoms with Crippen LogP contribution in [0.3, 0.4) is 0 Å². The lowest BCUT2D eigenvalue weighted by Crippen LogP contribution is -1.70. The lowest BCUT2D eigenvalue weighted by Gasteiger charge is -1.84. The Labute approximate surface area is 127 Å². The van der Waals surface area contributed by atoms with Gasteiger partial charge in [0.2, 0.25) is 0 Å². The summed E-state index contributed by atoms with van der Waals surface area (Å²) in [5.74, 6) is 0.885. The lowest BCUT2D eigenvalue weighted by atomic mass is 10.2. The maximum atomic E-state index is 4.03. The fourth-order valence-corrected chi connectivity index (χ4v) is 0.808. The smallest absolute Gasteiger partial charge is 0.0110 e. The van der Waals surface area contributed by atoms with E-state index in [1.54, 1.807) is 0 Å². The summed E-state index contributed by atoms with van der Waals surface area (Å²) in [4.78, 5) is 0. The highest BCUT2D eigenvalue weighted by Gasteiger charge is 1.73. The summed E-state index contributed by atoms with van der Waals surface area (Å²) in [5, 5.41) is 0. The minimum absolute atomic E-state index is 0.885. The predicted octanol–water partition coefficient (Wildman–Crippen LogP) is 6.49. The second-order valence-corrected chi connectivity index (χ2v) is 3.93. The van der Waals surface area contributed by atoms with E-state index in [1.807, 2.05) is 65.0 Å². The molecule has 1 heteroatoms. The number of hydrogen-bond donors (Lipinski definition) is 1. The first kappa shape index (κ1) is 23.2. The first-order valence-electron chi connectivity index (χ1n) is 6.93. The average Bonchev–Trinajstić information content (AvgIpc) is 2.50. The summed E-state index contributed by atoms with van der Waals surface area (Å²) >= 11 is 4.03. The normalized spacial score (nSPS) is 9.37. The summed E-state index contributed by atoms with van der Waals surface area (Å²) < 4.78 is 0. The molecular weight excluding hydrogens is 248 g/mol. The van der Waals surface area contributed by atoms with Crippen molar-refractivity contribution < 1.29 is 0 Å². The first-order chi connectivity index (χ1) is 9.12. The van der Waals surface area contributed by atoms with Gasteiger partial charge in [0.25, 0.3) is 0 Å². The molecule has 1 aromatic rings. The minimum Gasteiger partial charge on any atom is -0.175 e. The quantitative estimate of drug-likeness (QED) is 0.441. The van der Waals surface area contributed by atoms with Gasteiger partial charge in [-0.05, 0) is 34.6 Å². The van der Waals surface area contributed by atoms with Gasteiger partial charge >= 0.3 is 0 Å². The number of thiol groups is 1. The average molecular weight is 281 g/mol. The van der Waals surface area contributed by atoms with Crippen LogP contribution >= 0.6 is 12.6 Å². The highest BCUT2D eigenvalue weighted by Crippen LogP contribution is 1.92. The summed E-state index contributed by atoms with van der Waals surface area (Å²) in [7, 11) is 0. The van der Waals surface area contributed by atoms with Crippen molar-refractivity contribution in [1.29, 1.82) is 0 Å². The van der Waals surface area contributed by atoms with Gasteiger partial charge in [0.05, 0.1) is 0 Å². The Kier molecular flexibility index (Phi) is 27.1. The SMILES string of the molecule is C/C=C(\C)CS.C/C=C/C.CC.Cc1ccccc1. The van der Waals surface area contributed by atoms with Crippen molar-refractivity contribution >= 4 is 12.6 Å². The van der Waals surface area contributed by atoms with Gasteiger partial charge in [-0.1, -0.05) is 73.5 Å². The van der Waals surface area contributed by atoms with Crippen LogP contribution in [-0.2, 0) is 0 Å². The molecule has 0 spiro atoms. The zero-order valence-electron chi connectivity index (χ0n) is 13.8. The molecule has 19 heavy (non-hydrogen) atoms. The highest BCUT2D eigenvalue weighted by molar-refractivity contribution is 7.80. The van der Waals surface area contributed by atoms with Crippen molar-refractivity contribution in [2.24, 2.45) is 0 Å². The van der Waals surface area contributed by atoms with Crippen LogP contribution in [0.2, 0.25) is 0 Å². The molecule has 0 fully saturated rings. The molecule has 0 aliphatic rings. The van der Waals surface area contributed by atoms with E-state index in [0.717, 1.165) is 5.75 Å². The number of hydrogen-bond acceptors (Lipinski definition) is 1. The van der Waals surface area contributed by atoms with Crippen molar-refractivity contribution in [3.8, 4) is 0 Å². The van der Waals surface area contributed by atoms with E-state index in [0.29, 0.717) is 0 Å². The lowest BCUT2D eigenvalue weighted by molar-refractivity contribution is 1.39. The molecular formula is C18H32S. The van der Waals surface area contributed by atoms with Gasteiger partial charge in [-0.2, -0.15) is 12.6 Å². The highest BCUT2D eigenvalue weighted by atomic mass is 32.1. The molecule has 1 aromatic carbocycles. The van der Waals surface area contributed by atoms with Crippen LogP contribution in [0, 0.1) is 6.92 Å². The molecule has 0 amide bonds. The van der Waals surface area contributed by atoms with E-state index in [1.165, 1.54) is 11.1 Å². The zero-order chi connectivity index (χ0) is 15.5. The van der Waals surface area contributed by atoms with E-state index >= 15 is 0 Å². The van der Waals surface area contributed by atoms with Crippen LogP contribution < -0.4 is 0 Å². The van der Waals surface area contributed by atoms with E-state index in [-0.39, 0.29) is 0 Å². The molecule has 0 aliphatic carbocycles. The number of aryl methyl sites for hydroxylation is 1. The van der Waals surface area contributed by atoms with Crippen LogP contribution in [0.5, 0.6) is 0 Å². The predicted molar refractivity (Wildman–Crippen MR) is 96.3 cm³/mol. The van der Waals surface area contributed by atoms with Crippen LogP contribution in [0.4, 0.5) is 0 Å². The van der Waals surface area contributed by atoms with Crippen molar-refractivity contribution in [1.82, 2.24) is 0 Å². The molecule has 0 nitrogen and oxygen atoms in total. The first-order valence-corrected chi connectivity index (χ1v) is 7.57. The largest absolute Gasteiger partial charge is 0.175 e. The van der Waals surface area contributed by atoms with Crippen molar-refractivity contribution in [2.75, 3.05) is 5.75 Å². The van der Waals surface area contributed by atoms with E-state index in [2.05, 4.69) is 44.7 Å². The molecule has 0 unspecified atom stereocenters. The molecule has 0 bridgehead atoms. The molecule has 0 saturated heterocycles. The molecule has 0 atom stereocenters. The Morgan fingerprint density at radius 3 is 1.53 bits per heavy atom. The van der Waals surface area contributed by atoms with Gasteiger partial charge in [0.15, 0.2) is 0 Å². The van der Waals surface area contributed by atoms with Crippen molar-refractivity contribution in [3.63, 3.8) is 0 Å². The third-order valence-electron chi connectivity index (χ3n) is 2.02. The standard InChI is InChI=1S/C7H8.C5H10S.C4H8.C2H6/c1-7-5-3-2-4-6-7;1-3-5(2)4-6;1-3-4-2;1-2/h2-6H,1H3;3,6H,4H2,1-2H3;3-4H,1-2H3;1-2H3/b;5-3+;4-3+;. The van der Waals surface area contributed by atoms with Gasteiger partial charge in [-0.25, -0.2) is 0 Å². The summed E-state index contributed by atoms with van der Waals surface area (Å²) in [6, 6.07) is 10.3. The van der Waals surface area contributed by atoms with Gasteiger partial charge in [0, 0.05) is 5.75 Å². The van der Waals surface area contributed by atoms with Crippen LogP contribution in [-0.4, -0.2) is 5.75 Å². The Morgan fingerprint density at radius 2 is 1.42 bits per heavy atom. The van der Waals surface area contributed by atoms with Crippen LogP contribution in [0.15, 0.2) is 54.1 Å². The van der Waals surface area contributed by atoms with Gasteiger partial charge in [0.1, 0.15) is 0 Å². The Hall–Kier alpha value is -0.950. The monoisotopic (exact) mass is 280 g/mol. The van der Waals surface area contributed by atoms with Gasteiger partial charge in [-0.15, -0.1) is 0 Å². The molecule has 110 valence electrons. The molecule has 1 rings (SSSR count). The molecule has 0 radical (unpaired) electrons. The number of rotatable bonds is 1. The van der Waals surface area contributed by atoms with Gasteiger partial charge in [-0.3, -0.25) is 0 Å². The number of benzene rings is 1. The van der Waals surface area contributed by atoms with E-state index < -0.39 is 0 Å². The molecule has 0 heterocycles. The Balaban J connectivity index is -0.000000196. The third-order valence-corrected chi connectivity index (χ3v) is 2.51. The van der Waals surface area contributed by atoms with Gasteiger partial charge < -0.3 is 0 Å². The topological polar surface area (TPSA) is 0 Å². The summed E-state index contributed by atoms with van der Waals surface area (Å²) in [5.41, 5.74) is 2.65. The minimum atomic E-state index is 0.885. The maximum Gasteiger partial charge on any atom is 0.0110 e. The van der Waals surface area contributed by atoms with Crippen LogP contribution in [0.25, 0.3) is 0 Å². The Bertz CT molecular complexity index is 293. The molecule has 0 aliphatic heterocycles. The zero-order valence-corrected chi connectivity index (χ0v) is 14.7. The summed E-state index contributed by atoms with van der Waals surface area (Å²) in [6.07, 6.45) is 6.06. The maximum absolute atomic E-state index is 4.03. The second kappa shape index (κ2) is 22.2. The number of allylic oxidation sites excluding steroid dienone is 3. The van der Waals surface area contributed by atoms with Crippen molar-refractivity contribution in [3.05, 3.63) is 59.7 Å². The summed E-state index contributed by atoms with van der Waals surface area (Å²) in [6.45, 7) is 14.2. The molecule has 0 N–H and O–H groups in total. The Morgan fingerprint density at radius 1 is 1.00 bits per heavy atom.